The van der Waals surface area contributed by atoms with E-state index in [0.717, 1.165) is 26.2 Å². The first-order chi connectivity index (χ1) is 8.63. The highest BCUT2D eigenvalue weighted by atomic mass is 15.4. The van der Waals surface area contributed by atoms with Gasteiger partial charge in [-0.05, 0) is 31.0 Å². The molecule has 98 valence electrons. The molecule has 1 aliphatic rings. The van der Waals surface area contributed by atoms with Crippen LogP contribution < -0.4 is 16.5 Å². The van der Waals surface area contributed by atoms with Gasteiger partial charge in [0.1, 0.15) is 0 Å². The van der Waals surface area contributed by atoms with Crippen molar-refractivity contribution in [1.82, 2.24) is 4.90 Å². The highest BCUT2D eigenvalue weighted by Crippen LogP contribution is 2.23. The zero-order valence-electron chi connectivity index (χ0n) is 11.1. The van der Waals surface area contributed by atoms with Crippen molar-refractivity contribution >= 4 is 11.6 Å². The lowest BCUT2D eigenvalue weighted by Crippen LogP contribution is -2.51. The lowest BCUT2D eigenvalue weighted by atomic mass is 10.1. The van der Waals surface area contributed by atoms with Gasteiger partial charge in [0.2, 0.25) is 5.96 Å². The molecule has 0 atom stereocenters. The molecule has 5 nitrogen and oxygen atoms in total. The Bertz CT molecular complexity index is 447. The Morgan fingerprint density at radius 1 is 1.17 bits per heavy atom. The molecule has 1 aliphatic heterocycles. The Hall–Kier alpha value is -1.91. The molecule has 1 saturated heterocycles. The van der Waals surface area contributed by atoms with E-state index >= 15 is 0 Å². The van der Waals surface area contributed by atoms with Crippen molar-refractivity contribution in [2.75, 3.05) is 31.1 Å². The van der Waals surface area contributed by atoms with Crippen LogP contribution in [0.1, 0.15) is 11.1 Å². The largest absolute Gasteiger partial charge is 0.368 e. The van der Waals surface area contributed by atoms with Crippen molar-refractivity contribution < 1.29 is 0 Å². The summed E-state index contributed by atoms with van der Waals surface area (Å²) < 4.78 is 0. The van der Waals surface area contributed by atoms with E-state index in [1.54, 1.807) is 0 Å². The van der Waals surface area contributed by atoms with Gasteiger partial charge in [0.05, 0.1) is 0 Å². The molecule has 1 heterocycles. The number of rotatable bonds is 1. The second kappa shape index (κ2) is 5.16. The molecule has 0 aliphatic carbocycles. The number of aryl methyl sites for hydroxylation is 1. The third kappa shape index (κ3) is 2.34. The normalized spacial score (nSPS) is 17.1. The smallest absolute Gasteiger partial charge is 0.213 e. The Balaban J connectivity index is 2.08. The minimum Gasteiger partial charge on any atom is -0.368 e. The number of hydrogen-bond donors (Lipinski definition) is 2. The Kier molecular flexibility index (Phi) is 3.60. The Morgan fingerprint density at radius 2 is 1.83 bits per heavy atom. The van der Waals surface area contributed by atoms with Crippen LogP contribution in [0, 0.1) is 13.8 Å². The number of nitrogens with two attached hydrogens (primary N) is 2. The van der Waals surface area contributed by atoms with Gasteiger partial charge in [-0.2, -0.15) is 0 Å². The zero-order chi connectivity index (χ0) is 13.1. The van der Waals surface area contributed by atoms with Gasteiger partial charge >= 0.3 is 0 Å². The molecule has 2 rings (SSSR count). The van der Waals surface area contributed by atoms with E-state index in [-0.39, 0.29) is 0 Å². The average Bonchev–Trinajstić information content (AvgIpc) is 2.41. The monoisotopic (exact) mass is 247 g/mol. The van der Waals surface area contributed by atoms with Crippen LogP contribution in [0.5, 0.6) is 0 Å². The highest BCUT2D eigenvalue weighted by Gasteiger charge is 2.19. The number of nitrogens with zero attached hydrogens (tertiary/aromatic N) is 3. The van der Waals surface area contributed by atoms with E-state index < -0.39 is 0 Å². The summed E-state index contributed by atoms with van der Waals surface area (Å²) >= 11 is 0. The van der Waals surface area contributed by atoms with Crippen LogP contribution in [0.15, 0.2) is 23.3 Å². The van der Waals surface area contributed by atoms with E-state index in [1.807, 2.05) is 4.90 Å². The van der Waals surface area contributed by atoms with Gasteiger partial charge in [-0.1, -0.05) is 12.1 Å². The maximum atomic E-state index is 5.72. The molecule has 0 unspecified atom stereocenters. The van der Waals surface area contributed by atoms with Crippen molar-refractivity contribution in [3.63, 3.8) is 0 Å². The van der Waals surface area contributed by atoms with E-state index in [4.69, 9.17) is 11.6 Å². The Labute approximate surface area is 108 Å². The van der Waals surface area contributed by atoms with Crippen LogP contribution in [-0.2, 0) is 0 Å². The predicted molar refractivity (Wildman–Crippen MR) is 75.5 cm³/mol. The second-order valence-electron chi connectivity index (χ2n) is 4.68. The quantitative estimate of drug-likeness (QED) is 0.330. The van der Waals surface area contributed by atoms with E-state index in [2.05, 4.69) is 42.0 Å². The Morgan fingerprint density at radius 3 is 2.44 bits per heavy atom. The summed E-state index contributed by atoms with van der Waals surface area (Å²) in [5.41, 5.74) is 9.72. The van der Waals surface area contributed by atoms with Gasteiger partial charge in [0.25, 0.3) is 0 Å². The van der Waals surface area contributed by atoms with E-state index in [1.165, 1.54) is 16.8 Å². The summed E-state index contributed by atoms with van der Waals surface area (Å²) in [5, 5.41) is 3.54. The molecule has 5 heteroatoms. The number of benzene rings is 1. The number of piperazine rings is 1. The summed E-state index contributed by atoms with van der Waals surface area (Å²) in [7, 11) is 0. The fraction of sp³-hybridized carbons (Fsp3) is 0.462. The minimum atomic E-state index is 0.426. The topological polar surface area (TPSA) is 70.9 Å². The molecule has 4 N–H and O–H groups in total. The lowest BCUT2D eigenvalue weighted by molar-refractivity contribution is 0.381. The van der Waals surface area contributed by atoms with Gasteiger partial charge in [-0.3, -0.25) is 0 Å². The standard InChI is InChI=1S/C13H21N5/c1-10-4-3-5-12(11(10)2)17-6-8-18(9-7-17)13(14)16-15/h3-5H,6-9,15H2,1-2H3,(H2,14,16). The average molecular weight is 247 g/mol. The van der Waals surface area contributed by atoms with Gasteiger partial charge < -0.3 is 21.4 Å². The van der Waals surface area contributed by atoms with Crippen LogP contribution in [-0.4, -0.2) is 37.0 Å². The maximum Gasteiger partial charge on any atom is 0.213 e. The molecule has 0 spiro atoms. The molecule has 0 amide bonds. The summed E-state index contributed by atoms with van der Waals surface area (Å²) in [6.07, 6.45) is 0. The van der Waals surface area contributed by atoms with Crippen molar-refractivity contribution in [3.8, 4) is 0 Å². The van der Waals surface area contributed by atoms with Crippen LogP contribution in [0.3, 0.4) is 0 Å². The molecule has 1 fully saturated rings. The highest BCUT2D eigenvalue weighted by molar-refractivity contribution is 5.78. The summed E-state index contributed by atoms with van der Waals surface area (Å²) in [5.74, 6) is 5.63. The molecule has 1 aromatic rings. The van der Waals surface area contributed by atoms with Gasteiger partial charge in [0, 0.05) is 31.9 Å². The molecule has 1 aromatic carbocycles. The molecule has 0 bridgehead atoms. The summed E-state index contributed by atoms with van der Waals surface area (Å²) in [4.78, 5) is 4.41. The fourth-order valence-corrected chi connectivity index (χ4v) is 2.34. The second-order valence-corrected chi connectivity index (χ2v) is 4.68. The van der Waals surface area contributed by atoms with Crippen LogP contribution >= 0.6 is 0 Å². The van der Waals surface area contributed by atoms with Crippen molar-refractivity contribution in [2.45, 2.75) is 13.8 Å². The van der Waals surface area contributed by atoms with Gasteiger partial charge in [-0.15, -0.1) is 5.10 Å². The first-order valence-electron chi connectivity index (χ1n) is 6.23. The van der Waals surface area contributed by atoms with E-state index in [0.29, 0.717) is 5.96 Å². The maximum absolute atomic E-state index is 5.72. The van der Waals surface area contributed by atoms with Crippen molar-refractivity contribution in [1.29, 1.82) is 0 Å². The van der Waals surface area contributed by atoms with Gasteiger partial charge in [-0.25, -0.2) is 0 Å². The minimum absolute atomic E-state index is 0.426. The molecular weight excluding hydrogens is 226 g/mol. The molecule has 0 aromatic heterocycles. The molecule has 18 heavy (non-hydrogen) atoms. The number of anilines is 1. The lowest BCUT2D eigenvalue weighted by Gasteiger charge is -2.37. The van der Waals surface area contributed by atoms with Crippen molar-refractivity contribution in [2.24, 2.45) is 16.7 Å². The van der Waals surface area contributed by atoms with Crippen LogP contribution in [0.4, 0.5) is 5.69 Å². The van der Waals surface area contributed by atoms with E-state index in [9.17, 15) is 0 Å². The summed E-state index contributed by atoms with van der Waals surface area (Å²) in [6.45, 7) is 7.93. The summed E-state index contributed by atoms with van der Waals surface area (Å²) in [6, 6.07) is 6.44. The number of guanidine groups is 1. The van der Waals surface area contributed by atoms with Crippen molar-refractivity contribution in [3.05, 3.63) is 29.3 Å². The van der Waals surface area contributed by atoms with Gasteiger partial charge in [0.15, 0.2) is 0 Å². The SMILES string of the molecule is Cc1cccc(N2CCN(C(N)=NN)CC2)c1C. The molecule has 0 radical (unpaired) electrons. The number of hydrazone groups is 1. The molecular formula is C13H21N5. The molecule has 0 saturated carbocycles. The first-order valence-corrected chi connectivity index (χ1v) is 6.23. The number of hydrogen-bond acceptors (Lipinski definition) is 3. The van der Waals surface area contributed by atoms with Crippen LogP contribution in [0.2, 0.25) is 0 Å². The third-order valence-electron chi connectivity index (χ3n) is 3.65. The predicted octanol–water partition coefficient (Wildman–Crippen LogP) is 0.614. The first kappa shape index (κ1) is 12.5. The third-order valence-corrected chi connectivity index (χ3v) is 3.65. The fourth-order valence-electron chi connectivity index (χ4n) is 2.34. The van der Waals surface area contributed by atoms with Crippen LogP contribution in [0.25, 0.3) is 0 Å². The zero-order valence-corrected chi connectivity index (χ0v) is 11.1.